The molecule has 0 radical (unpaired) electrons. The zero-order valence-corrected chi connectivity index (χ0v) is 20.7. The zero-order chi connectivity index (χ0) is 24.8. The van der Waals surface area contributed by atoms with E-state index in [1.54, 1.807) is 23.5 Å². The number of nitrogens with zero attached hydrogens (tertiary/aromatic N) is 2. The minimum Gasteiger partial charge on any atom is -0.465 e. The van der Waals surface area contributed by atoms with E-state index in [0.717, 1.165) is 35.5 Å². The summed E-state index contributed by atoms with van der Waals surface area (Å²) in [7, 11) is 1.35. The number of carbonyl (C=O) groups is 3. The first-order valence-electron chi connectivity index (χ1n) is 12.3. The largest absolute Gasteiger partial charge is 0.465 e. The Kier molecular flexibility index (Phi) is 5.80. The average Bonchev–Trinajstić information content (AvgIpc) is 3.64. The maximum atomic E-state index is 13.9. The summed E-state index contributed by atoms with van der Waals surface area (Å²) in [6.45, 7) is 0. The van der Waals surface area contributed by atoms with Gasteiger partial charge in [-0.25, -0.2) is 4.79 Å². The molecule has 36 heavy (non-hydrogen) atoms. The number of amides is 1. The quantitative estimate of drug-likeness (QED) is 0.422. The molecule has 1 aliphatic heterocycles. The topological polar surface area (TPSA) is 76.0 Å². The molecular formula is C29H26N2O4S. The summed E-state index contributed by atoms with van der Waals surface area (Å²) in [6.07, 6.45) is 2.81. The number of aliphatic imine (C=N–C) groups is 1. The normalized spacial score (nSPS) is 23.2. The number of ketones is 1. The first kappa shape index (κ1) is 22.9. The van der Waals surface area contributed by atoms with Crippen LogP contribution in [0.2, 0.25) is 0 Å². The molecule has 0 spiro atoms. The summed E-state index contributed by atoms with van der Waals surface area (Å²) in [4.78, 5) is 47.8. The summed E-state index contributed by atoms with van der Waals surface area (Å²) in [5.74, 6) is -0.772. The Labute approximate surface area is 213 Å². The van der Waals surface area contributed by atoms with Crippen LogP contribution in [0.3, 0.4) is 0 Å². The number of benzene rings is 2. The van der Waals surface area contributed by atoms with Crippen molar-refractivity contribution in [2.75, 3.05) is 12.0 Å². The summed E-state index contributed by atoms with van der Waals surface area (Å²) in [5, 5.41) is 2.04. The molecule has 0 N–H and O–H groups in total. The van der Waals surface area contributed by atoms with E-state index in [2.05, 4.69) is 6.07 Å². The van der Waals surface area contributed by atoms with E-state index >= 15 is 0 Å². The SMILES string of the molecule is COC(=O)c1ccc([C@H]2[C@@H]3C(=O)C[C@H](c4cccs4)CC3=Nc3ccccc3N2C(=O)C2CC2)cc1. The maximum Gasteiger partial charge on any atom is 0.337 e. The third-order valence-electron chi connectivity index (χ3n) is 7.39. The number of hydrogen-bond acceptors (Lipinski definition) is 6. The number of rotatable bonds is 4. The molecule has 1 aromatic heterocycles. The Morgan fingerprint density at radius 2 is 1.78 bits per heavy atom. The molecule has 2 aliphatic carbocycles. The molecule has 0 saturated heterocycles. The molecule has 2 fully saturated rings. The second-order valence-corrected chi connectivity index (χ2v) is 10.7. The summed E-state index contributed by atoms with van der Waals surface area (Å²) in [5.41, 5.74) is 3.52. The molecule has 182 valence electrons. The van der Waals surface area contributed by atoms with Crippen LogP contribution in [-0.4, -0.2) is 30.5 Å². The molecule has 7 heteroatoms. The van der Waals surface area contributed by atoms with Gasteiger partial charge < -0.3 is 9.64 Å². The highest BCUT2D eigenvalue weighted by Crippen LogP contribution is 2.49. The number of anilines is 1. The lowest BCUT2D eigenvalue weighted by Crippen LogP contribution is -2.46. The highest BCUT2D eigenvalue weighted by molar-refractivity contribution is 7.10. The standard InChI is InChI=1S/C29H26N2O4S/c1-35-29(34)19-12-8-17(9-13-19)27-26-22(15-20(16-24(26)32)25-7-4-14-36-25)30-21-5-2-3-6-23(21)31(27)28(33)18-10-11-18/h2-9,12-14,18,20,26-27H,10-11,15-16H2,1H3/t20-,26+,27+/m1/s1. The third-order valence-corrected chi connectivity index (χ3v) is 8.43. The molecule has 3 atom stereocenters. The first-order valence-corrected chi connectivity index (χ1v) is 13.2. The van der Waals surface area contributed by atoms with Gasteiger partial charge in [0.15, 0.2) is 0 Å². The van der Waals surface area contributed by atoms with Crippen molar-refractivity contribution in [1.29, 1.82) is 0 Å². The number of hydrogen-bond donors (Lipinski definition) is 0. The molecule has 0 unspecified atom stereocenters. The number of ether oxygens (including phenoxy) is 1. The smallest absolute Gasteiger partial charge is 0.337 e. The van der Waals surface area contributed by atoms with Crippen molar-refractivity contribution < 1.29 is 19.1 Å². The number of Topliss-reactive ketones (excluding diaryl/α,β-unsaturated/α-hetero) is 1. The molecule has 2 heterocycles. The van der Waals surface area contributed by atoms with Crippen LogP contribution in [0, 0.1) is 11.8 Å². The lowest BCUT2D eigenvalue weighted by Gasteiger charge is -2.39. The van der Waals surface area contributed by atoms with E-state index in [9.17, 15) is 14.4 Å². The average molecular weight is 499 g/mol. The number of thiophene rings is 1. The molecule has 3 aromatic rings. The minimum absolute atomic E-state index is 0.0333. The van der Waals surface area contributed by atoms with Crippen LogP contribution in [0.1, 0.15) is 58.4 Å². The Morgan fingerprint density at radius 3 is 2.47 bits per heavy atom. The molecule has 3 aliphatic rings. The fourth-order valence-electron chi connectivity index (χ4n) is 5.48. The van der Waals surface area contributed by atoms with Crippen molar-refractivity contribution >= 4 is 46.1 Å². The maximum absolute atomic E-state index is 13.9. The molecule has 2 saturated carbocycles. The lowest BCUT2D eigenvalue weighted by molar-refractivity contribution is -0.123. The highest BCUT2D eigenvalue weighted by Gasteiger charge is 2.48. The van der Waals surface area contributed by atoms with Crippen molar-refractivity contribution in [3.63, 3.8) is 0 Å². The van der Waals surface area contributed by atoms with Gasteiger partial charge in [-0.05, 0) is 60.5 Å². The lowest BCUT2D eigenvalue weighted by atomic mass is 9.73. The second-order valence-electron chi connectivity index (χ2n) is 9.70. The summed E-state index contributed by atoms with van der Waals surface area (Å²) in [6, 6.07) is 18.4. The summed E-state index contributed by atoms with van der Waals surface area (Å²) >= 11 is 1.67. The minimum atomic E-state index is -0.541. The predicted molar refractivity (Wildman–Crippen MR) is 139 cm³/mol. The molecule has 6 rings (SSSR count). The van der Waals surface area contributed by atoms with Crippen LogP contribution in [0.5, 0.6) is 0 Å². The van der Waals surface area contributed by atoms with E-state index in [4.69, 9.17) is 9.73 Å². The van der Waals surface area contributed by atoms with Gasteiger partial charge in [0.1, 0.15) is 5.78 Å². The van der Waals surface area contributed by atoms with Crippen LogP contribution >= 0.6 is 11.3 Å². The van der Waals surface area contributed by atoms with Gasteiger partial charge in [0.2, 0.25) is 5.91 Å². The van der Waals surface area contributed by atoms with Gasteiger partial charge >= 0.3 is 5.97 Å². The Morgan fingerprint density at radius 1 is 1.00 bits per heavy atom. The van der Waals surface area contributed by atoms with Crippen molar-refractivity contribution in [2.45, 2.75) is 37.6 Å². The van der Waals surface area contributed by atoms with Crippen molar-refractivity contribution in [2.24, 2.45) is 16.8 Å². The Bertz CT molecular complexity index is 1360. The van der Waals surface area contributed by atoms with Crippen LogP contribution in [-0.2, 0) is 14.3 Å². The van der Waals surface area contributed by atoms with E-state index in [1.807, 2.05) is 52.7 Å². The predicted octanol–water partition coefficient (Wildman–Crippen LogP) is 5.87. The zero-order valence-electron chi connectivity index (χ0n) is 19.9. The van der Waals surface area contributed by atoms with Gasteiger partial charge in [-0.3, -0.25) is 14.6 Å². The molecule has 1 amide bonds. The van der Waals surface area contributed by atoms with Gasteiger partial charge in [-0.2, -0.15) is 0 Å². The van der Waals surface area contributed by atoms with Gasteiger partial charge in [-0.1, -0.05) is 30.3 Å². The molecule has 2 aromatic carbocycles. The van der Waals surface area contributed by atoms with Gasteiger partial charge in [0, 0.05) is 28.8 Å². The monoisotopic (exact) mass is 498 g/mol. The van der Waals surface area contributed by atoms with Gasteiger partial charge in [0.25, 0.3) is 0 Å². The third kappa shape index (κ3) is 3.97. The summed E-state index contributed by atoms with van der Waals surface area (Å²) < 4.78 is 4.86. The van der Waals surface area contributed by atoms with Crippen LogP contribution < -0.4 is 4.90 Å². The Balaban J connectivity index is 1.50. The van der Waals surface area contributed by atoms with E-state index in [1.165, 1.54) is 12.0 Å². The number of fused-ring (bicyclic) bond motifs is 2. The number of esters is 1. The van der Waals surface area contributed by atoms with Crippen LogP contribution in [0.15, 0.2) is 71.0 Å². The molecule has 6 nitrogen and oxygen atoms in total. The fourth-order valence-corrected chi connectivity index (χ4v) is 6.31. The number of methoxy groups -OCH3 is 1. The molecule has 0 bridgehead atoms. The molecular weight excluding hydrogens is 472 g/mol. The van der Waals surface area contributed by atoms with Crippen molar-refractivity contribution in [3.8, 4) is 0 Å². The Hall–Kier alpha value is -3.58. The second kappa shape index (κ2) is 9.13. The fraction of sp³-hybridized carbons (Fsp3) is 0.310. The van der Waals surface area contributed by atoms with Crippen molar-refractivity contribution in [1.82, 2.24) is 0 Å². The highest BCUT2D eigenvalue weighted by atomic mass is 32.1. The van der Waals surface area contributed by atoms with Crippen LogP contribution in [0.25, 0.3) is 0 Å². The van der Waals surface area contributed by atoms with Crippen LogP contribution in [0.4, 0.5) is 11.4 Å². The van der Waals surface area contributed by atoms with E-state index in [0.29, 0.717) is 18.4 Å². The van der Waals surface area contributed by atoms with E-state index < -0.39 is 17.9 Å². The number of para-hydroxylation sites is 2. The number of carbonyl (C=O) groups excluding carboxylic acids is 3. The first-order chi connectivity index (χ1) is 17.5. The van der Waals surface area contributed by atoms with E-state index in [-0.39, 0.29) is 23.5 Å². The van der Waals surface area contributed by atoms with Crippen molar-refractivity contribution in [3.05, 3.63) is 82.0 Å². The van der Waals surface area contributed by atoms with Gasteiger partial charge in [0.05, 0.1) is 36.0 Å². The van der Waals surface area contributed by atoms with Gasteiger partial charge in [-0.15, -0.1) is 11.3 Å².